The third kappa shape index (κ3) is 25.7. The quantitative estimate of drug-likeness (QED) is 0.0279. The number of rotatable bonds is 37. The van der Waals surface area contributed by atoms with Gasteiger partial charge < -0.3 is 5.53 Å². The van der Waals surface area contributed by atoms with Gasteiger partial charge in [-0.1, -0.05) is 109 Å². The van der Waals surface area contributed by atoms with Crippen LogP contribution in [-0.4, -0.2) is 4.70 Å². The van der Waals surface area contributed by atoms with Gasteiger partial charge in [0, 0.05) is 23.1 Å². The van der Waals surface area contributed by atoms with Gasteiger partial charge in [-0.2, -0.15) is 0 Å². The standard InChI is InChI=1S/C36H48N2.2C12H25.Ni/c1-5-9-12-13-14-17-26-34-33(8-4)35(31-24-18-22-29(27-31)20-15-10-6-2)38(37)36(34)32-25-19-23-30(28-32)21-16-11-7-3;2*1-3-5-7-9-11-12-10-8-6-4-2;/h18-19,22-25,27-28H,5-16,20-21H2,1-4H3;2*1,3-12H2,2H3;. The van der Waals surface area contributed by atoms with Gasteiger partial charge in [-0.15, -0.1) is 0 Å². The summed E-state index contributed by atoms with van der Waals surface area (Å²) in [6, 6.07) is 17.5. The first kappa shape index (κ1) is 56.7. The van der Waals surface area contributed by atoms with E-state index in [2.05, 4.69) is 102 Å². The molecule has 0 amide bonds. The van der Waals surface area contributed by atoms with Crippen molar-refractivity contribution in [1.29, 1.82) is 0 Å². The van der Waals surface area contributed by atoms with Crippen molar-refractivity contribution >= 4 is 11.4 Å². The van der Waals surface area contributed by atoms with Crippen LogP contribution in [0.25, 0.3) is 16.9 Å². The fourth-order valence-corrected chi connectivity index (χ4v) is 9.95. The van der Waals surface area contributed by atoms with Gasteiger partial charge in [0.15, 0.2) is 0 Å². The minimum atomic E-state index is 0.825. The SMILES string of the molecule is CCCCCCC#CC1=C(c2cccc(CCCCC)c2)[N+](=[N-])C(c2cccc(CCCCC)c2)=C1CC.CCCCCCCCCCC[CH2][Ni][CH2]CCCCCCCCCCC. The predicted octanol–water partition coefficient (Wildman–Crippen LogP) is 20.5. The van der Waals surface area contributed by atoms with E-state index in [1.165, 1.54) is 213 Å². The summed E-state index contributed by atoms with van der Waals surface area (Å²) in [4.78, 5) is 0. The number of aryl methyl sites for hydroxylation is 2. The number of hydrogen-bond acceptors (Lipinski definition) is 0. The molecule has 2 aromatic rings. The first-order chi connectivity index (χ1) is 31.1. The molecule has 0 spiro atoms. The fraction of sp³-hybridized carbons (Fsp3) is 0.700. The first-order valence-corrected chi connectivity index (χ1v) is 28.5. The molecule has 0 N–H and O–H groups in total. The zero-order valence-corrected chi connectivity index (χ0v) is 43.3. The molecule has 3 heteroatoms. The average Bonchev–Trinajstić information content (AvgIpc) is 3.59. The van der Waals surface area contributed by atoms with Crippen LogP contribution in [0.1, 0.15) is 269 Å². The summed E-state index contributed by atoms with van der Waals surface area (Å²) in [6.07, 6.45) is 45.3. The maximum atomic E-state index is 11.8. The number of allylic oxidation sites excluding steroid dienone is 2. The molecule has 1 aliphatic heterocycles. The van der Waals surface area contributed by atoms with E-state index in [-0.39, 0.29) is 0 Å². The van der Waals surface area contributed by atoms with Gasteiger partial charge >= 0.3 is 167 Å². The van der Waals surface area contributed by atoms with Gasteiger partial charge in [0.2, 0.25) is 11.4 Å². The van der Waals surface area contributed by atoms with E-state index in [1.54, 1.807) is 0 Å². The van der Waals surface area contributed by atoms with Gasteiger partial charge in [0.05, 0.1) is 0 Å². The van der Waals surface area contributed by atoms with Crippen LogP contribution in [0.15, 0.2) is 59.7 Å². The Bertz CT molecular complexity index is 1550. The van der Waals surface area contributed by atoms with Crippen molar-refractivity contribution in [3.63, 3.8) is 0 Å². The molecule has 0 aromatic heterocycles. The number of benzene rings is 2. The van der Waals surface area contributed by atoms with E-state index in [0.717, 1.165) is 65.8 Å². The Morgan fingerprint density at radius 2 is 0.825 bits per heavy atom. The van der Waals surface area contributed by atoms with Crippen LogP contribution in [0, 0.1) is 11.8 Å². The second kappa shape index (κ2) is 39.9. The molecule has 0 saturated carbocycles. The maximum absolute atomic E-state index is 11.8. The molecule has 0 unspecified atom stereocenters. The van der Waals surface area contributed by atoms with Crippen molar-refractivity contribution in [2.24, 2.45) is 0 Å². The van der Waals surface area contributed by atoms with Gasteiger partial charge in [-0.25, -0.2) is 4.70 Å². The van der Waals surface area contributed by atoms with Gasteiger partial charge in [0.1, 0.15) is 5.57 Å². The molecular formula is C60H98N2Ni. The van der Waals surface area contributed by atoms with Crippen LogP contribution in [0.5, 0.6) is 0 Å². The Morgan fingerprint density at radius 3 is 1.25 bits per heavy atom. The molecule has 0 atom stereocenters. The molecule has 2 nitrogen and oxygen atoms in total. The van der Waals surface area contributed by atoms with Crippen molar-refractivity contribution < 1.29 is 19.1 Å². The molecule has 358 valence electrons. The summed E-state index contributed by atoms with van der Waals surface area (Å²) in [5, 5.41) is 2.86. The van der Waals surface area contributed by atoms with Crippen LogP contribution in [0.3, 0.4) is 0 Å². The molecule has 0 fully saturated rings. The summed E-state index contributed by atoms with van der Waals surface area (Å²) in [6.45, 7) is 13.5. The Labute approximate surface area is 398 Å². The summed E-state index contributed by atoms with van der Waals surface area (Å²) in [5.74, 6) is 7.00. The second-order valence-electron chi connectivity index (χ2n) is 18.5. The minimum absolute atomic E-state index is 0.825. The summed E-state index contributed by atoms with van der Waals surface area (Å²) < 4.78 is 1.44. The molecule has 3 rings (SSSR count). The topological polar surface area (TPSA) is 25.3 Å². The molecule has 1 heterocycles. The Morgan fingerprint density at radius 1 is 0.444 bits per heavy atom. The number of nitrogens with zero attached hydrogens (tertiary/aromatic N) is 2. The summed E-state index contributed by atoms with van der Waals surface area (Å²) in [5.41, 5.74) is 20.4. The van der Waals surface area contributed by atoms with Crippen molar-refractivity contribution in [2.75, 3.05) is 0 Å². The van der Waals surface area contributed by atoms with Crippen LogP contribution in [0.4, 0.5) is 0 Å². The van der Waals surface area contributed by atoms with Crippen LogP contribution < -0.4 is 0 Å². The fourth-order valence-electron chi connectivity index (χ4n) is 8.72. The Balaban J connectivity index is 0.000000476. The third-order valence-corrected chi connectivity index (χ3v) is 14.1. The molecular weight excluding hydrogens is 807 g/mol. The van der Waals surface area contributed by atoms with Gasteiger partial charge in [-0.05, 0) is 73.9 Å². The molecule has 0 bridgehead atoms. The molecule has 63 heavy (non-hydrogen) atoms. The van der Waals surface area contributed by atoms with Crippen LogP contribution in [-0.2, 0) is 27.3 Å². The van der Waals surface area contributed by atoms with E-state index in [1.807, 2.05) is 14.4 Å². The summed E-state index contributed by atoms with van der Waals surface area (Å²) in [7, 11) is 0. The van der Waals surface area contributed by atoms with Crippen molar-refractivity contribution in [3.8, 4) is 11.8 Å². The second-order valence-corrected chi connectivity index (χ2v) is 20.0. The van der Waals surface area contributed by atoms with Gasteiger partial charge in [0.25, 0.3) is 0 Å². The molecule has 1 aliphatic rings. The van der Waals surface area contributed by atoms with E-state index in [9.17, 15) is 5.53 Å². The van der Waals surface area contributed by atoms with E-state index in [0.29, 0.717) is 0 Å². The predicted molar refractivity (Wildman–Crippen MR) is 277 cm³/mol. The zero-order valence-electron chi connectivity index (χ0n) is 42.3. The van der Waals surface area contributed by atoms with Crippen LogP contribution >= 0.6 is 0 Å². The molecule has 0 aliphatic carbocycles. The monoisotopic (exact) mass is 905 g/mol. The van der Waals surface area contributed by atoms with Crippen molar-refractivity contribution in [3.05, 3.63) is 87.5 Å². The molecule has 0 saturated heterocycles. The Kier molecular flexibility index (Phi) is 35.9. The van der Waals surface area contributed by atoms with Crippen molar-refractivity contribution in [1.82, 2.24) is 0 Å². The Hall–Kier alpha value is -2.43. The zero-order chi connectivity index (χ0) is 45.4. The van der Waals surface area contributed by atoms with E-state index < -0.39 is 0 Å². The average molecular weight is 906 g/mol. The molecule has 0 radical (unpaired) electrons. The first-order valence-electron chi connectivity index (χ1n) is 27.1. The van der Waals surface area contributed by atoms with E-state index >= 15 is 0 Å². The number of hydrogen-bond donors (Lipinski definition) is 0. The third-order valence-electron chi connectivity index (χ3n) is 12.7. The number of unbranched alkanes of at least 4 members (excludes halogenated alkanes) is 26. The van der Waals surface area contributed by atoms with E-state index in [4.69, 9.17) is 0 Å². The van der Waals surface area contributed by atoms with Crippen molar-refractivity contribution in [2.45, 2.75) is 271 Å². The molecule has 2 aromatic carbocycles. The summed E-state index contributed by atoms with van der Waals surface area (Å²) >= 11 is 2.03. The van der Waals surface area contributed by atoms with Crippen LogP contribution in [0.2, 0.25) is 10.8 Å². The van der Waals surface area contributed by atoms with Gasteiger partial charge in [-0.3, -0.25) is 0 Å². The normalized spacial score (nSPS) is 12.6.